The lowest BCUT2D eigenvalue weighted by atomic mass is 10.1. The molecule has 0 bridgehead atoms. The molecule has 0 fully saturated rings. The molecule has 0 aliphatic rings. The smallest absolute Gasteiger partial charge is 0.123 e. The quantitative estimate of drug-likeness (QED) is 0.651. The molecule has 0 amide bonds. The summed E-state index contributed by atoms with van der Waals surface area (Å²) in [5, 5.41) is 8.85. The van der Waals surface area contributed by atoms with Gasteiger partial charge in [0.15, 0.2) is 0 Å². The number of hydrogen-bond donors (Lipinski definition) is 1. The maximum atomic E-state index is 5.47. The number of rotatable bonds is 8. The van der Waals surface area contributed by atoms with Crippen LogP contribution in [-0.2, 0) is 13.0 Å². The summed E-state index contributed by atoms with van der Waals surface area (Å²) < 4.78 is 10.8. The lowest BCUT2D eigenvalue weighted by Crippen LogP contribution is -2.23. The van der Waals surface area contributed by atoms with Crippen LogP contribution in [-0.4, -0.2) is 19.2 Å². The summed E-state index contributed by atoms with van der Waals surface area (Å²) in [6.07, 6.45) is 2.78. The molecule has 0 radical (unpaired) electrons. The summed E-state index contributed by atoms with van der Waals surface area (Å²) in [5.41, 5.74) is 1.07. The average molecular weight is 361 g/mol. The molecule has 2 aromatic heterocycles. The van der Waals surface area contributed by atoms with E-state index >= 15 is 0 Å². The van der Waals surface area contributed by atoms with Crippen molar-refractivity contribution in [2.45, 2.75) is 19.0 Å². The first-order chi connectivity index (χ1) is 11.8. The minimum absolute atomic E-state index is 0.180. The number of benzene rings is 1. The fourth-order valence-electron chi connectivity index (χ4n) is 2.54. The number of methoxy groups -OCH3 is 2. The van der Waals surface area contributed by atoms with E-state index in [9.17, 15) is 0 Å². The highest BCUT2D eigenvalue weighted by Gasteiger charge is 2.16. The van der Waals surface area contributed by atoms with Gasteiger partial charge in [0.25, 0.3) is 0 Å². The van der Waals surface area contributed by atoms with Gasteiger partial charge in [-0.05, 0) is 29.6 Å². The number of thiophene rings is 1. The predicted molar refractivity (Wildman–Crippen MR) is 99.3 cm³/mol. The van der Waals surface area contributed by atoms with Crippen molar-refractivity contribution in [1.29, 1.82) is 0 Å². The molecule has 0 aliphatic heterocycles. The molecule has 6 heteroatoms. The van der Waals surface area contributed by atoms with Gasteiger partial charge in [-0.15, -0.1) is 22.7 Å². The van der Waals surface area contributed by atoms with Gasteiger partial charge in [-0.2, -0.15) is 0 Å². The SMILES string of the molecule is COc1ccc(OC)c(CN[C@@H](Cc2cccs2)c2nccs2)c1. The van der Waals surface area contributed by atoms with E-state index in [1.165, 1.54) is 4.88 Å². The summed E-state index contributed by atoms with van der Waals surface area (Å²) in [4.78, 5) is 5.84. The van der Waals surface area contributed by atoms with Crippen LogP contribution in [0, 0.1) is 0 Å². The Morgan fingerprint density at radius 2 is 2.04 bits per heavy atom. The Labute approximate surface area is 150 Å². The summed E-state index contributed by atoms with van der Waals surface area (Å²) in [6, 6.07) is 10.3. The molecule has 2 heterocycles. The van der Waals surface area contributed by atoms with Crippen molar-refractivity contribution in [3.63, 3.8) is 0 Å². The molecule has 0 aliphatic carbocycles. The molecule has 126 valence electrons. The average Bonchev–Trinajstić information content (AvgIpc) is 3.31. The zero-order valence-corrected chi connectivity index (χ0v) is 15.3. The van der Waals surface area contributed by atoms with E-state index < -0.39 is 0 Å². The number of hydrogen-bond acceptors (Lipinski definition) is 6. The molecule has 1 N–H and O–H groups in total. The number of nitrogens with one attached hydrogen (secondary N) is 1. The minimum Gasteiger partial charge on any atom is -0.497 e. The van der Waals surface area contributed by atoms with Crippen LogP contribution in [0.25, 0.3) is 0 Å². The van der Waals surface area contributed by atoms with Crippen molar-refractivity contribution in [2.75, 3.05) is 14.2 Å². The van der Waals surface area contributed by atoms with Crippen LogP contribution < -0.4 is 14.8 Å². The number of nitrogens with zero attached hydrogens (tertiary/aromatic N) is 1. The van der Waals surface area contributed by atoms with Gasteiger partial charge < -0.3 is 14.8 Å². The van der Waals surface area contributed by atoms with Gasteiger partial charge in [0, 0.05) is 35.0 Å². The van der Waals surface area contributed by atoms with Gasteiger partial charge in [-0.1, -0.05) is 6.07 Å². The van der Waals surface area contributed by atoms with Crippen LogP contribution in [0.1, 0.15) is 21.5 Å². The van der Waals surface area contributed by atoms with Gasteiger partial charge in [-0.3, -0.25) is 0 Å². The molecule has 1 aromatic carbocycles. The maximum absolute atomic E-state index is 5.47. The third-order valence-electron chi connectivity index (χ3n) is 3.76. The highest BCUT2D eigenvalue weighted by molar-refractivity contribution is 7.10. The van der Waals surface area contributed by atoms with E-state index in [1.54, 1.807) is 36.9 Å². The van der Waals surface area contributed by atoms with Crippen molar-refractivity contribution in [3.8, 4) is 11.5 Å². The molecule has 0 spiro atoms. The molecular formula is C18H20N2O2S2. The molecule has 0 saturated heterocycles. The third-order valence-corrected chi connectivity index (χ3v) is 5.55. The zero-order valence-electron chi connectivity index (χ0n) is 13.7. The third kappa shape index (κ3) is 4.14. The second kappa shape index (κ2) is 8.28. The molecule has 3 rings (SSSR count). The standard InChI is InChI=1S/C18H20N2O2S2/c1-21-14-5-6-17(22-2)13(10-14)12-20-16(18-19-7-9-24-18)11-15-4-3-8-23-15/h3-10,16,20H,11-12H2,1-2H3/t16-/m0/s1. The normalized spacial score (nSPS) is 12.1. The lowest BCUT2D eigenvalue weighted by Gasteiger charge is -2.17. The summed E-state index contributed by atoms with van der Waals surface area (Å²) >= 11 is 3.46. The van der Waals surface area contributed by atoms with Crippen LogP contribution in [0.3, 0.4) is 0 Å². The summed E-state index contributed by atoms with van der Waals surface area (Å²) in [5.74, 6) is 1.69. The summed E-state index contributed by atoms with van der Waals surface area (Å²) in [6.45, 7) is 0.690. The molecule has 0 saturated carbocycles. The predicted octanol–water partition coefficient (Wildman–Crippen LogP) is 4.30. The number of thiazole rings is 1. The van der Waals surface area contributed by atoms with E-state index in [0.29, 0.717) is 6.54 Å². The topological polar surface area (TPSA) is 43.4 Å². The first-order valence-corrected chi connectivity index (χ1v) is 9.42. The first-order valence-electron chi connectivity index (χ1n) is 7.66. The fraction of sp³-hybridized carbons (Fsp3) is 0.278. The van der Waals surface area contributed by atoms with E-state index in [0.717, 1.165) is 28.5 Å². The Morgan fingerprint density at radius 3 is 2.71 bits per heavy atom. The van der Waals surface area contributed by atoms with Gasteiger partial charge in [0.05, 0.1) is 20.3 Å². The number of ether oxygens (including phenoxy) is 2. The van der Waals surface area contributed by atoms with Gasteiger partial charge >= 0.3 is 0 Å². The van der Waals surface area contributed by atoms with Gasteiger partial charge in [0.1, 0.15) is 16.5 Å². The Morgan fingerprint density at radius 1 is 1.12 bits per heavy atom. The largest absolute Gasteiger partial charge is 0.497 e. The maximum Gasteiger partial charge on any atom is 0.123 e. The second-order valence-electron chi connectivity index (χ2n) is 5.27. The zero-order chi connectivity index (χ0) is 16.8. The number of aromatic nitrogens is 1. The minimum atomic E-state index is 0.180. The van der Waals surface area contributed by atoms with Crippen LogP contribution in [0.2, 0.25) is 0 Å². The van der Waals surface area contributed by atoms with Gasteiger partial charge in [-0.25, -0.2) is 4.98 Å². The Hall–Kier alpha value is -1.89. The van der Waals surface area contributed by atoms with Crippen molar-refractivity contribution in [1.82, 2.24) is 10.3 Å². The van der Waals surface area contributed by atoms with Crippen molar-refractivity contribution in [3.05, 3.63) is 62.7 Å². The van der Waals surface area contributed by atoms with Crippen LogP contribution in [0.4, 0.5) is 0 Å². The first kappa shape index (κ1) is 17.0. The summed E-state index contributed by atoms with van der Waals surface area (Å²) in [7, 11) is 3.36. The van der Waals surface area contributed by atoms with Crippen LogP contribution in [0.15, 0.2) is 47.3 Å². The van der Waals surface area contributed by atoms with E-state index in [2.05, 4.69) is 27.8 Å². The van der Waals surface area contributed by atoms with E-state index in [1.807, 2.05) is 29.8 Å². The monoisotopic (exact) mass is 360 g/mol. The highest BCUT2D eigenvalue weighted by atomic mass is 32.1. The molecular weight excluding hydrogens is 340 g/mol. The Balaban J connectivity index is 1.76. The highest BCUT2D eigenvalue weighted by Crippen LogP contribution is 2.27. The van der Waals surface area contributed by atoms with E-state index in [-0.39, 0.29) is 6.04 Å². The van der Waals surface area contributed by atoms with Crippen LogP contribution in [0.5, 0.6) is 11.5 Å². The fourth-order valence-corrected chi connectivity index (χ4v) is 4.00. The van der Waals surface area contributed by atoms with Crippen molar-refractivity contribution < 1.29 is 9.47 Å². The van der Waals surface area contributed by atoms with Crippen molar-refractivity contribution >= 4 is 22.7 Å². The Bertz CT molecular complexity index is 742. The van der Waals surface area contributed by atoms with Crippen LogP contribution >= 0.6 is 22.7 Å². The Kier molecular flexibility index (Phi) is 5.85. The molecule has 3 aromatic rings. The molecule has 4 nitrogen and oxygen atoms in total. The second-order valence-corrected chi connectivity index (χ2v) is 7.22. The lowest BCUT2D eigenvalue weighted by molar-refractivity contribution is 0.395. The van der Waals surface area contributed by atoms with Gasteiger partial charge in [0.2, 0.25) is 0 Å². The molecule has 1 atom stereocenters. The van der Waals surface area contributed by atoms with E-state index in [4.69, 9.17) is 9.47 Å². The van der Waals surface area contributed by atoms with Crippen molar-refractivity contribution in [2.24, 2.45) is 0 Å². The molecule has 24 heavy (non-hydrogen) atoms. The molecule has 0 unspecified atom stereocenters.